The molecule has 0 saturated carbocycles. The van der Waals surface area contributed by atoms with Crippen LogP contribution in [-0.2, 0) is 6.42 Å². The maximum atomic E-state index is 2.30. The van der Waals surface area contributed by atoms with Gasteiger partial charge in [-0.3, -0.25) is 0 Å². The molecule has 2 aromatic carbocycles. The van der Waals surface area contributed by atoms with Gasteiger partial charge in [-0.05, 0) is 42.0 Å². The Morgan fingerprint density at radius 1 is 0.682 bits per heavy atom. The monoisotopic (exact) mass is 294 g/mol. The maximum Gasteiger partial charge on any atom is -0.0152 e. The molecule has 22 heavy (non-hydrogen) atoms. The topological polar surface area (TPSA) is 0 Å². The Balaban J connectivity index is 1.87. The van der Waals surface area contributed by atoms with Crippen LogP contribution in [0.3, 0.4) is 0 Å². The third-order valence-electron chi connectivity index (χ3n) is 4.58. The highest BCUT2D eigenvalue weighted by Gasteiger charge is 2.05. The minimum atomic E-state index is 1.22. The van der Waals surface area contributed by atoms with Gasteiger partial charge in [0.2, 0.25) is 0 Å². The zero-order valence-electron chi connectivity index (χ0n) is 14.3. The summed E-state index contributed by atoms with van der Waals surface area (Å²) in [5, 5.41) is 0. The van der Waals surface area contributed by atoms with Crippen molar-refractivity contribution in [3.05, 3.63) is 59.7 Å². The Labute approximate surface area is 136 Å². The van der Waals surface area contributed by atoms with Gasteiger partial charge >= 0.3 is 0 Å². The first-order valence-electron chi connectivity index (χ1n) is 8.97. The highest BCUT2D eigenvalue weighted by molar-refractivity contribution is 5.68. The lowest BCUT2D eigenvalue weighted by Gasteiger charge is -2.11. The summed E-state index contributed by atoms with van der Waals surface area (Å²) in [6, 6.07) is 17.5. The van der Waals surface area contributed by atoms with Gasteiger partial charge in [-0.2, -0.15) is 0 Å². The SMILES string of the molecule is CCCCCCCCCc1cccc(-c2ccccc2)c1C. The van der Waals surface area contributed by atoms with Crippen LogP contribution in [0.25, 0.3) is 11.1 Å². The van der Waals surface area contributed by atoms with Crippen LogP contribution in [0.4, 0.5) is 0 Å². The fraction of sp³-hybridized carbons (Fsp3) is 0.455. The number of aryl methyl sites for hydroxylation is 1. The molecule has 0 heteroatoms. The summed E-state index contributed by atoms with van der Waals surface area (Å²) in [5.41, 5.74) is 5.71. The molecule has 0 amide bonds. The number of benzene rings is 2. The Morgan fingerprint density at radius 2 is 1.36 bits per heavy atom. The summed E-state index contributed by atoms with van der Waals surface area (Å²) in [7, 11) is 0. The van der Waals surface area contributed by atoms with Gasteiger partial charge in [0.05, 0.1) is 0 Å². The van der Waals surface area contributed by atoms with Gasteiger partial charge in [0.15, 0.2) is 0 Å². The van der Waals surface area contributed by atoms with Crippen LogP contribution in [-0.4, -0.2) is 0 Å². The van der Waals surface area contributed by atoms with Gasteiger partial charge in [-0.25, -0.2) is 0 Å². The molecule has 0 bridgehead atoms. The highest BCUT2D eigenvalue weighted by atomic mass is 14.1. The van der Waals surface area contributed by atoms with Crippen molar-refractivity contribution >= 4 is 0 Å². The quantitative estimate of drug-likeness (QED) is 0.439. The van der Waals surface area contributed by atoms with Crippen molar-refractivity contribution in [2.75, 3.05) is 0 Å². The van der Waals surface area contributed by atoms with E-state index in [0.717, 1.165) is 0 Å². The molecule has 0 aliphatic rings. The normalized spacial score (nSPS) is 10.8. The molecule has 0 aliphatic carbocycles. The van der Waals surface area contributed by atoms with E-state index in [4.69, 9.17) is 0 Å². The lowest BCUT2D eigenvalue weighted by Crippen LogP contribution is -1.93. The lowest BCUT2D eigenvalue weighted by atomic mass is 9.93. The van der Waals surface area contributed by atoms with Crippen LogP contribution in [0, 0.1) is 6.92 Å². The summed E-state index contributed by atoms with van der Waals surface area (Å²) in [4.78, 5) is 0. The van der Waals surface area contributed by atoms with Crippen LogP contribution < -0.4 is 0 Å². The number of hydrogen-bond donors (Lipinski definition) is 0. The van der Waals surface area contributed by atoms with Crippen molar-refractivity contribution in [1.82, 2.24) is 0 Å². The van der Waals surface area contributed by atoms with E-state index >= 15 is 0 Å². The second-order valence-corrected chi connectivity index (χ2v) is 6.33. The molecule has 0 radical (unpaired) electrons. The molecule has 0 spiro atoms. The van der Waals surface area contributed by atoms with Crippen molar-refractivity contribution in [2.24, 2.45) is 0 Å². The van der Waals surface area contributed by atoms with Crippen LogP contribution in [0.1, 0.15) is 63.0 Å². The first kappa shape index (κ1) is 16.8. The van der Waals surface area contributed by atoms with E-state index in [1.165, 1.54) is 73.6 Å². The molecular formula is C22H30. The molecule has 2 rings (SSSR count). The van der Waals surface area contributed by atoms with E-state index < -0.39 is 0 Å². The summed E-state index contributed by atoms with van der Waals surface area (Å²) < 4.78 is 0. The number of rotatable bonds is 9. The van der Waals surface area contributed by atoms with Gasteiger partial charge in [-0.15, -0.1) is 0 Å². The van der Waals surface area contributed by atoms with Crippen molar-refractivity contribution in [1.29, 1.82) is 0 Å². The largest absolute Gasteiger partial charge is 0.0654 e. The second-order valence-electron chi connectivity index (χ2n) is 6.33. The zero-order valence-corrected chi connectivity index (χ0v) is 14.3. The van der Waals surface area contributed by atoms with Crippen LogP contribution >= 0.6 is 0 Å². The van der Waals surface area contributed by atoms with Crippen LogP contribution in [0.2, 0.25) is 0 Å². The highest BCUT2D eigenvalue weighted by Crippen LogP contribution is 2.26. The van der Waals surface area contributed by atoms with Crippen LogP contribution in [0.15, 0.2) is 48.5 Å². The molecule has 2 aromatic rings. The Hall–Kier alpha value is -1.56. The standard InChI is InChI=1S/C22H30/c1-3-4-5-6-7-8-10-14-20-17-13-18-22(19(20)2)21-15-11-9-12-16-21/h9,11-13,15-18H,3-8,10,14H2,1-2H3. The fourth-order valence-electron chi connectivity index (χ4n) is 3.16. The molecule has 0 unspecified atom stereocenters. The van der Waals surface area contributed by atoms with Gasteiger partial charge in [0.25, 0.3) is 0 Å². The van der Waals surface area contributed by atoms with E-state index in [-0.39, 0.29) is 0 Å². The van der Waals surface area contributed by atoms with Gasteiger partial charge < -0.3 is 0 Å². The smallest absolute Gasteiger partial charge is 0.0152 e. The van der Waals surface area contributed by atoms with Crippen molar-refractivity contribution < 1.29 is 0 Å². The Morgan fingerprint density at radius 3 is 2.09 bits per heavy atom. The maximum absolute atomic E-state index is 2.30. The van der Waals surface area contributed by atoms with Crippen molar-refractivity contribution in [3.63, 3.8) is 0 Å². The Bertz CT molecular complexity index is 539. The average Bonchev–Trinajstić information content (AvgIpc) is 2.56. The first-order chi connectivity index (χ1) is 10.8. The summed E-state index contributed by atoms with van der Waals surface area (Å²) in [5.74, 6) is 0. The zero-order chi connectivity index (χ0) is 15.6. The minimum absolute atomic E-state index is 1.22. The summed E-state index contributed by atoms with van der Waals surface area (Å²) in [6.07, 6.45) is 10.9. The molecule has 0 nitrogen and oxygen atoms in total. The molecule has 118 valence electrons. The van der Waals surface area contributed by atoms with E-state index in [2.05, 4.69) is 62.4 Å². The van der Waals surface area contributed by atoms with Crippen LogP contribution in [0.5, 0.6) is 0 Å². The van der Waals surface area contributed by atoms with Crippen molar-refractivity contribution in [3.8, 4) is 11.1 Å². The molecule has 0 saturated heterocycles. The van der Waals surface area contributed by atoms with E-state index in [1.807, 2.05) is 0 Å². The van der Waals surface area contributed by atoms with E-state index in [1.54, 1.807) is 0 Å². The average molecular weight is 294 g/mol. The molecule has 0 fully saturated rings. The van der Waals surface area contributed by atoms with E-state index in [0.29, 0.717) is 0 Å². The lowest BCUT2D eigenvalue weighted by molar-refractivity contribution is 0.589. The predicted molar refractivity (Wildman–Crippen MR) is 98.3 cm³/mol. The number of unbranched alkanes of at least 4 members (excludes halogenated alkanes) is 6. The van der Waals surface area contributed by atoms with E-state index in [9.17, 15) is 0 Å². The molecule has 0 heterocycles. The van der Waals surface area contributed by atoms with Crippen molar-refractivity contribution in [2.45, 2.75) is 65.2 Å². The molecule has 0 aliphatic heterocycles. The molecule has 0 aromatic heterocycles. The second kappa shape index (κ2) is 9.46. The number of hydrogen-bond acceptors (Lipinski definition) is 0. The summed E-state index contributed by atoms with van der Waals surface area (Å²) >= 11 is 0. The minimum Gasteiger partial charge on any atom is -0.0654 e. The third kappa shape index (κ3) is 5.02. The summed E-state index contributed by atoms with van der Waals surface area (Å²) in [6.45, 7) is 4.56. The third-order valence-corrected chi connectivity index (χ3v) is 4.58. The fourth-order valence-corrected chi connectivity index (χ4v) is 3.16. The molecule has 0 atom stereocenters. The van der Waals surface area contributed by atoms with Gasteiger partial charge in [-0.1, -0.05) is 94.0 Å². The Kier molecular flexibility index (Phi) is 7.22. The first-order valence-corrected chi connectivity index (χ1v) is 8.97. The van der Waals surface area contributed by atoms with Gasteiger partial charge in [0.1, 0.15) is 0 Å². The molecule has 0 N–H and O–H groups in total. The molecular weight excluding hydrogens is 264 g/mol. The van der Waals surface area contributed by atoms with Gasteiger partial charge in [0, 0.05) is 0 Å². The predicted octanol–water partition coefficient (Wildman–Crippen LogP) is 6.96.